The number of fused-ring (bicyclic) bond motifs is 1. The summed E-state index contributed by atoms with van der Waals surface area (Å²) in [7, 11) is 0. The molecule has 0 N–H and O–H groups in total. The highest BCUT2D eigenvalue weighted by Crippen LogP contribution is 2.31. The Kier molecular flexibility index (Phi) is 7.21. The number of hydrogen-bond donors (Lipinski definition) is 0. The number of hydrogen-bond acceptors (Lipinski definition) is 2. The minimum absolute atomic E-state index is 0.0511. The van der Waals surface area contributed by atoms with E-state index < -0.39 is 34.8 Å². The summed E-state index contributed by atoms with van der Waals surface area (Å²) < 4.78 is 61.2. The van der Waals surface area contributed by atoms with E-state index in [1.54, 1.807) is 0 Å². The van der Waals surface area contributed by atoms with Crippen LogP contribution in [-0.4, -0.2) is 5.97 Å². The Morgan fingerprint density at radius 1 is 0.882 bits per heavy atom. The normalized spacial score (nSPS) is 17.8. The van der Waals surface area contributed by atoms with Crippen LogP contribution in [0.25, 0.3) is 10.8 Å². The van der Waals surface area contributed by atoms with Crippen molar-refractivity contribution in [2.24, 2.45) is 11.8 Å². The van der Waals surface area contributed by atoms with E-state index in [2.05, 4.69) is 18.8 Å². The second-order valence-corrected chi connectivity index (χ2v) is 8.76. The average molecular weight is 468 g/mol. The van der Waals surface area contributed by atoms with Crippen LogP contribution >= 0.6 is 0 Å². The van der Waals surface area contributed by atoms with Crippen molar-refractivity contribution in [2.45, 2.75) is 45.4 Å². The fourth-order valence-corrected chi connectivity index (χ4v) is 4.47. The van der Waals surface area contributed by atoms with E-state index >= 15 is 0 Å². The third kappa shape index (κ3) is 5.41. The molecule has 0 heterocycles. The Morgan fingerprint density at radius 2 is 1.53 bits per heavy atom. The van der Waals surface area contributed by atoms with Gasteiger partial charge in [-0.25, -0.2) is 22.4 Å². The fourth-order valence-electron chi connectivity index (χ4n) is 4.47. The molecule has 0 aliphatic heterocycles. The van der Waals surface area contributed by atoms with Gasteiger partial charge in [-0.2, -0.15) is 0 Å². The van der Waals surface area contributed by atoms with Gasteiger partial charge in [-0.05, 0) is 78.8 Å². The number of rotatable bonds is 4. The molecule has 1 aliphatic carbocycles. The Balaban J connectivity index is 1.47. The topological polar surface area (TPSA) is 26.3 Å². The van der Waals surface area contributed by atoms with Gasteiger partial charge in [0.15, 0.2) is 11.6 Å². The maximum Gasteiger partial charge on any atom is 0.349 e. The van der Waals surface area contributed by atoms with Crippen molar-refractivity contribution in [3.8, 4) is 17.6 Å². The van der Waals surface area contributed by atoms with Crippen LogP contribution in [0.5, 0.6) is 5.75 Å². The maximum atomic E-state index is 14.6. The van der Waals surface area contributed by atoms with E-state index in [-0.39, 0.29) is 22.6 Å². The predicted octanol–water partition coefficient (Wildman–Crippen LogP) is 7.57. The van der Waals surface area contributed by atoms with Crippen LogP contribution in [0.3, 0.4) is 0 Å². The Bertz CT molecular complexity index is 1260. The van der Waals surface area contributed by atoms with Crippen molar-refractivity contribution in [2.75, 3.05) is 0 Å². The van der Waals surface area contributed by atoms with Gasteiger partial charge in [0, 0.05) is 11.5 Å². The van der Waals surface area contributed by atoms with Crippen LogP contribution in [0.1, 0.15) is 61.4 Å². The lowest BCUT2D eigenvalue weighted by Gasteiger charge is -2.25. The highest BCUT2D eigenvalue weighted by atomic mass is 19.2. The molecule has 0 radical (unpaired) electrons. The van der Waals surface area contributed by atoms with E-state index in [1.807, 2.05) is 0 Å². The van der Waals surface area contributed by atoms with Gasteiger partial charge in [0.25, 0.3) is 0 Å². The molecule has 0 saturated heterocycles. The molecule has 3 aromatic carbocycles. The van der Waals surface area contributed by atoms with Crippen LogP contribution < -0.4 is 4.74 Å². The van der Waals surface area contributed by atoms with Gasteiger partial charge in [-0.1, -0.05) is 37.7 Å². The zero-order chi connectivity index (χ0) is 24.2. The summed E-state index contributed by atoms with van der Waals surface area (Å²) in [4.78, 5) is 12.4. The molecule has 6 heteroatoms. The first-order valence-electron chi connectivity index (χ1n) is 11.5. The molecule has 34 heavy (non-hydrogen) atoms. The van der Waals surface area contributed by atoms with Crippen LogP contribution in [0, 0.1) is 46.9 Å². The lowest BCUT2D eigenvalue weighted by molar-refractivity contribution is 0.0725. The van der Waals surface area contributed by atoms with Crippen molar-refractivity contribution < 1.29 is 27.1 Å². The van der Waals surface area contributed by atoms with Crippen molar-refractivity contribution in [3.63, 3.8) is 0 Å². The average Bonchev–Trinajstić information content (AvgIpc) is 2.79. The van der Waals surface area contributed by atoms with E-state index in [1.165, 1.54) is 31.0 Å². The minimum atomic E-state index is -1.23. The summed E-state index contributed by atoms with van der Waals surface area (Å²) >= 11 is 0. The van der Waals surface area contributed by atoms with Crippen LogP contribution in [0.15, 0.2) is 42.5 Å². The molecule has 0 bridgehead atoms. The largest absolute Gasteiger partial charge is 0.423 e. The highest BCUT2D eigenvalue weighted by Gasteiger charge is 2.22. The third-order valence-corrected chi connectivity index (χ3v) is 6.27. The van der Waals surface area contributed by atoms with Crippen LogP contribution in [0.2, 0.25) is 0 Å². The number of ether oxygens (including phenoxy) is 1. The molecule has 2 nitrogen and oxygen atoms in total. The fraction of sp³-hybridized carbons (Fsp3) is 0.321. The number of halogens is 4. The van der Waals surface area contributed by atoms with Crippen LogP contribution in [-0.2, 0) is 0 Å². The molecule has 176 valence electrons. The monoisotopic (exact) mass is 468 g/mol. The smallest absolute Gasteiger partial charge is 0.349 e. The lowest BCUT2D eigenvalue weighted by atomic mass is 9.80. The van der Waals surface area contributed by atoms with Gasteiger partial charge in [0.2, 0.25) is 0 Å². The number of benzene rings is 3. The first kappa shape index (κ1) is 23.8. The second-order valence-electron chi connectivity index (χ2n) is 8.76. The zero-order valence-electron chi connectivity index (χ0n) is 18.8. The van der Waals surface area contributed by atoms with Gasteiger partial charge in [-0.3, -0.25) is 0 Å². The first-order valence-corrected chi connectivity index (χ1v) is 11.5. The summed E-state index contributed by atoms with van der Waals surface area (Å²) in [6.45, 7) is 2.18. The molecule has 1 fully saturated rings. The molecule has 3 aromatic rings. The Labute approximate surface area is 195 Å². The SMILES string of the molecule is CCCC1CCC(C#Cc2cc(F)c(C(=O)Oc3ccc4cc(F)c(F)cc4c3)c(F)c2)CC1. The molecule has 0 aromatic heterocycles. The quantitative estimate of drug-likeness (QED) is 0.171. The summed E-state index contributed by atoms with van der Waals surface area (Å²) in [5, 5.41) is 0.664. The Hall–Kier alpha value is -3.33. The highest BCUT2D eigenvalue weighted by molar-refractivity contribution is 5.93. The van der Waals surface area contributed by atoms with Crippen molar-refractivity contribution in [1.29, 1.82) is 0 Å². The number of esters is 1. The molecule has 0 atom stereocenters. The van der Waals surface area contributed by atoms with E-state index in [0.29, 0.717) is 5.39 Å². The van der Waals surface area contributed by atoms with E-state index in [0.717, 1.165) is 55.9 Å². The molecule has 0 unspecified atom stereocenters. The molecule has 4 rings (SSSR count). The van der Waals surface area contributed by atoms with Crippen molar-refractivity contribution in [3.05, 3.63) is 76.9 Å². The molecular weight excluding hydrogens is 444 g/mol. The zero-order valence-corrected chi connectivity index (χ0v) is 18.8. The summed E-state index contributed by atoms with van der Waals surface area (Å²) in [6.07, 6.45) is 6.61. The van der Waals surface area contributed by atoms with Crippen molar-refractivity contribution >= 4 is 16.7 Å². The third-order valence-electron chi connectivity index (χ3n) is 6.27. The number of carbonyl (C=O) groups excluding carboxylic acids is 1. The maximum absolute atomic E-state index is 14.6. The molecule has 1 saturated carbocycles. The second kappa shape index (κ2) is 10.3. The van der Waals surface area contributed by atoms with Gasteiger partial charge >= 0.3 is 5.97 Å². The van der Waals surface area contributed by atoms with Gasteiger partial charge in [-0.15, -0.1) is 0 Å². The molecule has 1 aliphatic rings. The lowest BCUT2D eigenvalue weighted by Crippen LogP contribution is -2.14. The first-order chi connectivity index (χ1) is 16.3. The van der Waals surface area contributed by atoms with E-state index in [9.17, 15) is 22.4 Å². The molecule has 0 amide bonds. The summed E-state index contributed by atoms with van der Waals surface area (Å²) in [5.74, 6) is 1.41. The number of carbonyl (C=O) groups is 1. The van der Waals surface area contributed by atoms with Gasteiger partial charge in [0.1, 0.15) is 22.9 Å². The van der Waals surface area contributed by atoms with Gasteiger partial charge in [0.05, 0.1) is 0 Å². The molecular formula is C28H24F4O2. The van der Waals surface area contributed by atoms with Crippen molar-refractivity contribution in [1.82, 2.24) is 0 Å². The van der Waals surface area contributed by atoms with E-state index in [4.69, 9.17) is 4.74 Å². The van der Waals surface area contributed by atoms with Crippen LogP contribution in [0.4, 0.5) is 17.6 Å². The standard InChI is InChI=1S/C28H24F4O2/c1-2-3-17-4-6-18(7-5-17)8-9-19-12-25(31)27(26(32)13-19)28(33)34-22-11-10-20-15-23(29)24(30)16-21(20)14-22/h10-18H,2-7H2,1H3. The minimum Gasteiger partial charge on any atom is -0.423 e. The van der Waals surface area contributed by atoms with Gasteiger partial charge < -0.3 is 4.74 Å². The predicted molar refractivity (Wildman–Crippen MR) is 122 cm³/mol. The molecule has 0 spiro atoms. The summed E-state index contributed by atoms with van der Waals surface area (Å²) in [6, 6.07) is 8.05. The summed E-state index contributed by atoms with van der Waals surface area (Å²) in [5.41, 5.74) is -0.679. The Morgan fingerprint density at radius 3 is 2.18 bits per heavy atom.